The molecule has 112 valence electrons. The van der Waals surface area contributed by atoms with Crippen molar-refractivity contribution in [3.8, 4) is 0 Å². The van der Waals surface area contributed by atoms with Crippen LogP contribution in [0.1, 0.15) is 29.5 Å². The fourth-order valence-corrected chi connectivity index (χ4v) is 4.27. The number of nitrogens with zero attached hydrogens (tertiary/aromatic N) is 3. The molecular formula is C17H18N4S. The number of nitrogen functional groups attached to an aromatic ring is 1. The minimum atomic E-state index is 0.400. The van der Waals surface area contributed by atoms with E-state index in [0.29, 0.717) is 11.9 Å². The van der Waals surface area contributed by atoms with E-state index in [1.807, 2.05) is 17.4 Å². The smallest absolute Gasteiger partial charge is 0.127 e. The Balaban J connectivity index is 1.62. The standard InChI is InChI=1S/C17H18N4S/c18-16-12(5-3-9-19-16)11-21-10-4-7-14(21)17-20-13-6-1-2-8-15(13)22-17/h1-3,5-6,8-9,14H,4,7,10-11H2,(H2,18,19). The lowest BCUT2D eigenvalue weighted by Crippen LogP contribution is -2.23. The Labute approximate surface area is 133 Å². The molecule has 0 bridgehead atoms. The summed E-state index contributed by atoms with van der Waals surface area (Å²) in [5.74, 6) is 0.637. The maximum Gasteiger partial charge on any atom is 0.127 e. The van der Waals surface area contributed by atoms with Crippen LogP contribution >= 0.6 is 11.3 Å². The molecule has 2 aromatic heterocycles. The molecule has 1 unspecified atom stereocenters. The normalized spacial score (nSPS) is 19.0. The molecular weight excluding hydrogens is 292 g/mol. The van der Waals surface area contributed by atoms with Crippen molar-refractivity contribution in [2.75, 3.05) is 12.3 Å². The fraction of sp³-hybridized carbons (Fsp3) is 0.294. The summed E-state index contributed by atoms with van der Waals surface area (Å²) in [6.45, 7) is 1.94. The van der Waals surface area contributed by atoms with E-state index in [2.05, 4.69) is 40.2 Å². The lowest BCUT2D eigenvalue weighted by atomic mass is 10.2. The van der Waals surface area contributed by atoms with Crippen molar-refractivity contribution in [3.63, 3.8) is 0 Å². The number of fused-ring (bicyclic) bond motifs is 1. The van der Waals surface area contributed by atoms with E-state index >= 15 is 0 Å². The number of benzene rings is 1. The zero-order valence-corrected chi connectivity index (χ0v) is 13.1. The van der Waals surface area contributed by atoms with E-state index in [4.69, 9.17) is 10.7 Å². The second kappa shape index (κ2) is 5.66. The first-order valence-corrected chi connectivity index (χ1v) is 8.42. The lowest BCUT2D eigenvalue weighted by molar-refractivity contribution is 0.248. The SMILES string of the molecule is Nc1ncccc1CN1CCCC1c1nc2ccccc2s1. The van der Waals surface area contributed by atoms with Crippen molar-refractivity contribution >= 4 is 27.4 Å². The molecule has 0 saturated carbocycles. The summed E-state index contributed by atoms with van der Waals surface area (Å²) < 4.78 is 1.27. The van der Waals surface area contributed by atoms with Gasteiger partial charge < -0.3 is 5.73 Å². The summed E-state index contributed by atoms with van der Waals surface area (Å²) in [6, 6.07) is 12.8. The minimum Gasteiger partial charge on any atom is -0.383 e. The highest BCUT2D eigenvalue weighted by Gasteiger charge is 2.29. The monoisotopic (exact) mass is 310 g/mol. The van der Waals surface area contributed by atoms with Crippen LogP contribution in [0.4, 0.5) is 5.82 Å². The van der Waals surface area contributed by atoms with E-state index in [9.17, 15) is 0 Å². The number of hydrogen-bond acceptors (Lipinski definition) is 5. The van der Waals surface area contributed by atoms with Gasteiger partial charge in [0, 0.05) is 18.3 Å². The molecule has 0 radical (unpaired) electrons. The quantitative estimate of drug-likeness (QED) is 0.803. The van der Waals surface area contributed by atoms with Gasteiger partial charge in [-0.15, -0.1) is 11.3 Å². The first kappa shape index (κ1) is 13.7. The zero-order valence-electron chi connectivity index (χ0n) is 12.3. The maximum atomic E-state index is 5.99. The summed E-state index contributed by atoms with van der Waals surface area (Å²) in [5, 5.41) is 1.22. The van der Waals surface area contributed by atoms with Crippen LogP contribution in [-0.4, -0.2) is 21.4 Å². The van der Waals surface area contributed by atoms with Crippen LogP contribution in [0.25, 0.3) is 10.2 Å². The molecule has 3 aromatic rings. The van der Waals surface area contributed by atoms with Crippen LogP contribution in [0.2, 0.25) is 0 Å². The van der Waals surface area contributed by atoms with Gasteiger partial charge in [0.05, 0.1) is 16.3 Å². The van der Waals surface area contributed by atoms with Gasteiger partial charge in [-0.1, -0.05) is 18.2 Å². The Morgan fingerprint density at radius 1 is 1.23 bits per heavy atom. The van der Waals surface area contributed by atoms with Gasteiger partial charge in [-0.05, 0) is 37.6 Å². The van der Waals surface area contributed by atoms with E-state index in [0.717, 1.165) is 24.2 Å². The van der Waals surface area contributed by atoms with Gasteiger partial charge in [0.25, 0.3) is 0 Å². The third-order valence-electron chi connectivity index (χ3n) is 4.26. The van der Waals surface area contributed by atoms with Gasteiger partial charge in [-0.2, -0.15) is 0 Å². The second-order valence-electron chi connectivity index (χ2n) is 5.70. The van der Waals surface area contributed by atoms with Crippen LogP contribution < -0.4 is 5.73 Å². The molecule has 3 heterocycles. The number of hydrogen-bond donors (Lipinski definition) is 1. The Morgan fingerprint density at radius 2 is 2.14 bits per heavy atom. The summed E-state index contributed by atoms with van der Waals surface area (Å²) in [5.41, 5.74) is 8.21. The molecule has 0 aliphatic carbocycles. The minimum absolute atomic E-state index is 0.400. The number of thiazole rings is 1. The molecule has 4 nitrogen and oxygen atoms in total. The van der Waals surface area contributed by atoms with Gasteiger partial charge >= 0.3 is 0 Å². The third-order valence-corrected chi connectivity index (χ3v) is 5.40. The van der Waals surface area contributed by atoms with Gasteiger partial charge in [0.2, 0.25) is 0 Å². The van der Waals surface area contributed by atoms with E-state index in [-0.39, 0.29) is 0 Å². The van der Waals surface area contributed by atoms with Crippen molar-refractivity contribution in [2.45, 2.75) is 25.4 Å². The zero-order chi connectivity index (χ0) is 14.9. The van der Waals surface area contributed by atoms with E-state index in [1.54, 1.807) is 6.20 Å². The molecule has 1 aliphatic rings. The number of pyridine rings is 1. The molecule has 22 heavy (non-hydrogen) atoms. The molecule has 1 saturated heterocycles. The van der Waals surface area contributed by atoms with Gasteiger partial charge in [0.1, 0.15) is 10.8 Å². The number of likely N-dealkylation sites (tertiary alicyclic amines) is 1. The molecule has 1 aliphatic heterocycles. The van der Waals surface area contributed by atoms with Gasteiger partial charge in [0.15, 0.2) is 0 Å². The number of nitrogens with two attached hydrogens (primary N) is 1. The molecule has 4 rings (SSSR count). The predicted molar refractivity (Wildman–Crippen MR) is 90.7 cm³/mol. The highest BCUT2D eigenvalue weighted by molar-refractivity contribution is 7.18. The van der Waals surface area contributed by atoms with Crippen LogP contribution in [-0.2, 0) is 6.54 Å². The van der Waals surface area contributed by atoms with Crippen molar-refractivity contribution in [1.29, 1.82) is 0 Å². The molecule has 2 N–H and O–H groups in total. The summed E-state index contributed by atoms with van der Waals surface area (Å²) >= 11 is 1.81. The van der Waals surface area contributed by atoms with E-state index < -0.39 is 0 Å². The number of anilines is 1. The largest absolute Gasteiger partial charge is 0.383 e. The summed E-state index contributed by atoms with van der Waals surface area (Å²) in [6.07, 6.45) is 4.12. The van der Waals surface area contributed by atoms with Crippen LogP contribution in [0.15, 0.2) is 42.6 Å². The maximum absolute atomic E-state index is 5.99. The van der Waals surface area contributed by atoms with Gasteiger partial charge in [-0.3, -0.25) is 4.90 Å². The number of rotatable bonds is 3. The lowest BCUT2D eigenvalue weighted by Gasteiger charge is -2.23. The van der Waals surface area contributed by atoms with Crippen LogP contribution in [0.5, 0.6) is 0 Å². The Bertz CT molecular complexity index is 765. The van der Waals surface area contributed by atoms with E-state index in [1.165, 1.54) is 22.5 Å². The van der Waals surface area contributed by atoms with Crippen molar-refractivity contribution in [3.05, 3.63) is 53.2 Å². The average Bonchev–Trinajstić information content (AvgIpc) is 3.15. The Kier molecular flexibility index (Phi) is 3.52. The van der Waals surface area contributed by atoms with Crippen molar-refractivity contribution in [1.82, 2.24) is 14.9 Å². The Morgan fingerprint density at radius 3 is 3.00 bits per heavy atom. The average molecular weight is 310 g/mol. The van der Waals surface area contributed by atoms with Crippen molar-refractivity contribution in [2.24, 2.45) is 0 Å². The molecule has 0 spiro atoms. The van der Waals surface area contributed by atoms with Crippen LogP contribution in [0.3, 0.4) is 0 Å². The summed E-state index contributed by atoms with van der Waals surface area (Å²) in [7, 11) is 0. The molecule has 1 aromatic carbocycles. The summed E-state index contributed by atoms with van der Waals surface area (Å²) in [4.78, 5) is 11.5. The van der Waals surface area contributed by atoms with Crippen LogP contribution in [0, 0.1) is 0 Å². The fourth-order valence-electron chi connectivity index (χ4n) is 3.13. The number of aromatic nitrogens is 2. The van der Waals surface area contributed by atoms with Gasteiger partial charge in [-0.25, -0.2) is 9.97 Å². The molecule has 1 atom stereocenters. The first-order valence-electron chi connectivity index (χ1n) is 7.60. The highest BCUT2D eigenvalue weighted by Crippen LogP contribution is 2.37. The number of para-hydroxylation sites is 1. The van der Waals surface area contributed by atoms with Crippen molar-refractivity contribution < 1.29 is 0 Å². The molecule has 1 fully saturated rings. The highest BCUT2D eigenvalue weighted by atomic mass is 32.1. The second-order valence-corrected chi connectivity index (χ2v) is 6.76. The molecule has 5 heteroatoms. The first-order chi connectivity index (χ1) is 10.8. The predicted octanol–water partition coefficient (Wildman–Crippen LogP) is 3.61. The Hall–Kier alpha value is -1.98. The third kappa shape index (κ3) is 2.46. The molecule has 0 amide bonds. The topological polar surface area (TPSA) is 55.0 Å².